The average molecular weight is 272 g/mol. The first-order valence-electron chi connectivity index (χ1n) is 9.05. The maximum atomic E-state index is 4.44. The molecule has 4 aliphatic carbocycles. The van der Waals surface area contributed by atoms with E-state index in [9.17, 15) is 0 Å². The molecule has 4 rings (SSSR count). The lowest BCUT2D eigenvalue weighted by molar-refractivity contribution is -0.144. The summed E-state index contributed by atoms with van der Waals surface area (Å²) in [5, 5.41) is 0. The van der Waals surface area contributed by atoms with Gasteiger partial charge in [0.15, 0.2) is 0 Å². The summed E-state index contributed by atoms with van der Waals surface area (Å²) in [6, 6.07) is 0. The Labute approximate surface area is 125 Å². The van der Waals surface area contributed by atoms with Crippen LogP contribution in [0.4, 0.5) is 0 Å². The van der Waals surface area contributed by atoms with Crippen LogP contribution in [-0.2, 0) is 0 Å². The Kier molecular flexibility index (Phi) is 2.63. The van der Waals surface area contributed by atoms with Crippen molar-refractivity contribution < 1.29 is 0 Å². The number of hydrogen-bond acceptors (Lipinski definition) is 0. The molecule has 4 aliphatic rings. The molecular weight excluding hydrogens is 240 g/mol. The van der Waals surface area contributed by atoms with Crippen molar-refractivity contribution in [3.05, 3.63) is 12.2 Å². The fourth-order valence-corrected chi connectivity index (χ4v) is 7.68. The summed E-state index contributed by atoms with van der Waals surface area (Å²) in [6.07, 6.45) is 13.3. The zero-order valence-corrected chi connectivity index (χ0v) is 13.8. The second-order valence-electron chi connectivity index (χ2n) is 9.67. The van der Waals surface area contributed by atoms with Gasteiger partial charge in [0.05, 0.1) is 0 Å². The summed E-state index contributed by atoms with van der Waals surface area (Å²) < 4.78 is 0. The summed E-state index contributed by atoms with van der Waals surface area (Å²) in [4.78, 5) is 0. The van der Waals surface area contributed by atoms with Gasteiger partial charge in [-0.1, -0.05) is 39.3 Å². The van der Waals surface area contributed by atoms with Gasteiger partial charge in [0.25, 0.3) is 0 Å². The van der Waals surface area contributed by atoms with Crippen LogP contribution in [0.1, 0.15) is 78.6 Å². The predicted molar refractivity (Wildman–Crippen MR) is 85.5 cm³/mol. The van der Waals surface area contributed by atoms with Crippen LogP contribution in [0.3, 0.4) is 0 Å². The third-order valence-electron chi connectivity index (χ3n) is 8.36. The van der Waals surface area contributed by atoms with Gasteiger partial charge in [0, 0.05) is 0 Å². The zero-order chi connectivity index (χ0) is 14.2. The largest absolute Gasteiger partial charge is 0.0996 e. The Morgan fingerprint density at radius 1 is 0.950 bits per heavy atom. The smallest absolute Gasteiger partial charge is 0.0200 e. The zero-order valence-electron chi connectivity index (χ0n) is 13.8. The monoisotopic (exact) mass is 272 g/mol. The van der Waals surface area contributed by atoms with E-state index in [0.29, 0.717) is 16.2 Å². The molecule has 4 saturated carbocycles. The van der Waals surface area contributed by atoms with Gasteiger partial charge in [-0.15, -0.1) is 0 Å². The molecule has 0 nitrogen and oxygen atoms in total. The van der Waals surface area contributed by atoms with E-state index in [1.807, 2.05) is 0 Å². The van der Waals surface area contributed by atoms with Gasteiger partial charge in [-0.2, -0.15) is 0 Å². The second kappa shape index (κ2) is 3.93. The Hall–Kier alpha value is -0.260. The number of allylic oxidation sites excluding steroid dienone is 1. The molecule has 0 aromatic rings. The average Bonchev–Trinajstić information content (AvgIpc) is 2.58. The first-order valence-corrected chi connectivity index (χ1v) is 9.05. The van der Waals surface area contributed by atoms with Crippen LogP contribution in [0, 0.1) is 34.0 Å². The third kappa shape index (κ3) is 1.54. The third-order valence-corrected chi connectivity index (χ3v) is 8.36. The maximum Gasteiger partial charge on any atom is -0.0200 e. The van der Waals surface area contributed by atoms with Crippen molar-refractivity contribution >= 4 is 0 Å². The molecule has 0 N–H and O–H groups in total. The molecule has 0 unspecified atom stereocenters. The van der Waals surface area contributed by atoms with E-state index in [2.05, 4.69) is 27.4 Å². The molecule has 1 spiro atoms. The Bertz CT molecular complexity index is 445. The molecule has 0 aromatic carbocycles. The van der Waals surface area contributed by atoms with Gasteiger partial charge >= 0.3 is 0 Å². The van der Waals surface area contributed by atoms with Gasteiger partial charge < -0.3 is 0 Å². The molecule has 0 saturated heterocycles. The first kappa shape index (κ1) is 13.4. The molecular formula is C20H32. The minimum atomic E-state index is 0.584. The summed E-state index contributed by atoms with van der Waals surface area (Å²) in [5.74, 6) is 2.87. The second-order valence-corrected chi connectivity index (χ2v) is 9.67. The Morgan fingerprint density at radius 3 is 2.55 bits per heavy atom. The first-order chi connectivity index (χ1) is 9.37. The lowest BCUT2D eigenvalue weighted by atomic mass is 9.41. The van der Waals surface area contributed by atoms with E-state index in [0.717, 1.165) is 17.8 Å². The van der Waals surface area contributed by atoms with E-state index in [1.165, 1.54) is 57.8 Å². The van der Waals surface area contributed by atoms with Crippen molar-refractivity contribution in [2.45, 2.75) is 78.6 Å². The van der Waals surface area contributed by atoms with Crippen molar-refractivity contribution in [1.29, 1.82) is 0 Å². The molecule has 0 heterocycles. The molecule has 112 valence electrons. The quantitative estimate of drug-likeness (QED) is 0.476. The summed E-state index contributed by atoms with van der Waals surface area (Å²) in [7, 11) is 0. The van der Waals surface area contributed by atoms with Crippen molar-refractivity contribution in [2.24, 2.45) is 34.0 Å². The standard InChI is InChI=1S/C20H32/c1-14-12-20-11-8-16-18(2,3)9-5-10-19(16,4)17(20)7-6-15(14)13-20/h15-17H,1,5-13H2,2-4H3/t15-,16-,17+,19-,20-/m0/s1. The number of hydrogen-bond donors (Lipinski definition) is 0. The Morgan fingerprint density at radius 2 is 1.75 bits per heavy atom. The molecule has 0 aromatic heterocycles. The number of rotatable bonds is 0. The van der Waals surface area contributed by atoms with Gasteiger partial charge in [-0.25, -0.2) is 0 Å². The fourth-order valence-electron chi connectivity index (χ4n) is 7.68. The van der Waals surface area contributed by atoms with Gasteiger partial charge in [0.2, 0.25) is 0 Å². The maximum absolute atomic E-state index is 4.44. The highest BCUT2D eigenvalue weighted by atomic mass is 14.7. The van der Waals surface area contributed by atoms with Crippen LogP contribution in [0.25, 0.3) is 0 Å². The SMILES string of the molecule is C=C1C[C@]23CC[C@H]4C(C)(C)CCC[C@]4(C)[C@H]2CC[C@H]1C3. The van der Waals surface area contributed by atoms with E-state index < -0.39 is 0 Å². The molecule has 4 fully saturated rings. The number of fused-ring (bicyclic) bond motifs is 3. The Balaban J connectivity index is 1.74. The van der Waals surface area contributed by atoms with Gasteiger partial charge in [-0.05, 0) is 85.4 Å². The van der Waals surface area contributed by atoms with Crippen molar-refractivity contribution in [1.82, 2.24) is 0 Å². The van der Waals surface area contributed by atoms with E-state index in [-0.39, 0.29) is 0 Å². The van der Waals surface area contributed by atoms with Crippen LogP contribution in [-0.4, -0.2) is 0 Å². The van der Waals surface area contributed by atoms with Crippen LogP contribution >= 0.6 is 0 Å². The van der Waals surface area contributed by atoms with Gasteiger partial charge in [0.1, 0.15) is 0 Å². The molecule has 0 aliphatic heterocycles. The van der Waals surface area contributed by atoms with Crippen molar-refractivity contribution in [3.63, 3.8) is 0 Å². The molecule has 20 heavy (non-hydrogen) atoms. The van der Waals surface area contributed by atoms with E-state index in [4.69, 9.17) is 0 Å². The van der Waals surface area contributed by atoms with Gasteiger partial charge in [-0.3, -0.25) is 0 Å². The topological polar surface area (TPSA) is 0 Å². The normalized spacial score (nSPS) is 53.4. The fraction of sp³-hybridized carbons (Fsp3) is 0.900. The van der Waals surface area contributed by atoms with Crippen LogP contribution in [0.5, 0.6) is 0 Å². The summed E-state index contributed by atoms with van der Waals surface area (Å²) >= 11 is 0. The predicted octanol–water partition coefficient (Wildman–Crippen LogP) is 5.98. The van der Waals surface area contributed by atoms with Crippen LogP contribution in [0.15, 0.2) is 12.2 Å². The van der Waals surface area contributed by atoms with E-state index in [1.54, 1.807) is 5.57 Å². The molecule has 0 radical (unpaired) electrons. The van der Waals surface area contributed by atoms with Crippen molar-refractivity contribution in [3.8, 4) is 0 Å². The highest BCUT2D eigenvalue weighted by Crippen LogP contribution is 2.72. The molecule has 2 bridgehead atoms. The highest BCUT2D eigenvalue weighted by molar-refractivity contribution is 5.22. The van der Waals surface area contributed by atoms with Crippen molar-refractivity contribution in [2.75, 3.05) is 0 Å². The molecule has 0 heteroatoms. The minimum absolute atomic E-state index is 0.584. The summed E-state index contributed by atoms with van der Waals surface area (Å²) in [5.41, 5.74) is 3.51. The highest BCUT2D eigenvalue weighted by Gasteiger charge is 2.62. The van der Waals surface area contributed by atoms with Crippen LogP contribution in [0.2, 0.25) is 0 Å². The molecule has 0 amide bonds. The summed E-state index contributed by atoms with van der Waals surface area (Å²) in [6.45, 7) is 12.2. The minimum Gasteiger partial charge on any atom is -0.0996 e. The molecule has 5 atom stereocenters. The lowest BCUT2D eigenvalue weighted by Crippen LogP contribution is -2.55. The van der Waals surface area contributed by atoms with E-state index >= 15 is 0 Å². The van der Waals surface area contributed by atoms with Crippen LogP contribution < -0.4 is 0 Å². The lowest BCUT2D eigenvalue weighted by Gasteiger charge is -2.64.